The average Bonchev–Trinajstić information content (AvgIpc) is 3.00. The second kappa shape index (κ2) is 16.0. The lowest BCUT2D eigenvalue weighted by Gasteiger charge is -2.33. The van der Waals surface area contributed by atoms with Crippen LogP contribution in [0.25, 0.3) is 0 Å². The minimum absolute atomic E-state index is 0.0325. The summed E-state index contributed by atoms with van der Waals surface area (Å²) in [6, 6.07) is 14.1. The maximum Gasteiger partial charge on any atom is 0.410 e. The molecule has 3 aromatic rings. The molecule has 0 aliphatic carbocycles. The van der Waals surface area contributed by atoms with Crippen LogP contribution in [0.15, 0.2) is 54.7 Å². The topological polar surface area (TPSA) is 127 Å². The standard InChI is InChI=1S/C39H54N4O7S/c1-26(2)25-51(46,47)41-32-21-30(38(4,5)6)22-33(23-32)43(48-10)36(44)29-12-11-27(3)35(20-29)49-34-13-16-40-31(24-34)19-28-14-17-42(18-15-28)37(45)50-39(7,8)9/h11-13,16,20-24,26,28,41H,14-15,17-19,25H2,1-10H3. The zero-order chi connectivity index (χ0) is 37.7. The third kappa shape index (κ3) is 11.4. The van der Waals surface area contributed by atoms with E-state index in [2.05, 4.69) is 9.71 Å². The Bertz CT molecular complexity index is 1800. The van der Waals surface area contributed by atoms with Crippen LogP contribution in [0.4, 0.5) is 16.2 Å². The highest BCUT2D eigenvalue weighted by Crippen LogP contribution is 2.33. The summed E-state index contributed by atoms with van der Waals surface area (Å²) >= 11 is 0. The molecular formula is C39H54N4O7S. The SMILES string of the molecule is CON(C(=O)c1ccc(C)c(Oc2ccnc(CC3CCN(C(=O)OC(C)(C)C)CC3)c2)c1)c1cc(NS(=O)(=O)CC(C)C)cc(C(C)(C)C)c1. The molecule has 1 aliphatic heterocycles. The fourth-order valence-electron chi connectivity index (χ4n) is 5.85. The van der Waals surface area contributed by atoms with Gasteiger partial charge in [-0.1, -0.05) is 40.7 Å². The molecule has 0 radical (unpaired) electrons. The predicted octanol–water partition coefficient (Wildman–Crippen LogP) is 8.28. The number of hydroxylamine groups is 1. The number of aromatic nitrogens is 1. The largest absolute Gasteiger partial charge is 0.457 e. The van der Waals surface area contributed by atoms with Crippen molar-refractivity contribution >= 4 is 33.4 Å². The number of sulfonamides is 1. The summed E-state index contributed by atoms with van der Waals surface area (Å²) in [5, 5.41) is 1.16. The number of hydrogen-bond acceptors (Lipinski definition) is 8. The van der Waals surface area contributed by atoms with Crippen molar-refractivity contribution in [1.82, 2.24) is 9.88 Å². The molecule has 0 spiro atoms. The molecule has 0 atom stereocenters. The number of piperidine rings is 1. The molecule has 2 aromatic carbocycles. The number of pyridine rings is 1. The van der Waals surface area contributed by atoms with Crippen molar-refractivity contribution in [2.75, 3.05) is 35.7 Å². The molecule has 1 aliphatic rings. The highest BCUT2D eigenvalue weighted by molar-refractivity contribution is 7.92. The fourth-order valence-corrected chi connectivity index (χ4v) is 7.28. The monoisotopic (exact) mass is 722 g/mol. The van der Waals surface area contributed by atoms with E-state index in [4.69, 9.17) is 14.3 Å². The summed E-state index contributed by atoms with van der Waals surface area (Å²) in [5.74, 6) is 0.936. The molecule has 1 aromatic heterocycles. The van der Waals surface area contributed by atoms with Gasteiger partial charge in [-0.25, -0.2) is 13.2 Å². The number of benzene rings is 2. The second-order valence-corrected chi connectivity index (χ2v) is 17.5. The predicted molar refractivity (Wildman–Crippen MR) is 201 cm³/mol. The van der Waals surface area contributed by atoms with E-state index in [1.807, 2.05) is 80.5 Å². The Kier molecular flexibility index (Phi) is 12.4. The zero-order valence-corrected chi connectivity index (χ0v) is 32.5. The van der Waals surface area contributed by atoms with Gasteiger partial charge in [0.15, 0.2) is 0 Å². The molecule has 1 fully saturated rings. The zero-order valence-electron chi connectivity index (χ0n) is 31.7. The van der Waals surface area contributed by atoms with Crippen LogP contribution in [0, 0.1) is 18.8 Å². The number of nitrogens with zero attached hydrogens (tertiary/aromatic N) is 3. The first kappa shape index (κ1) is 39.6. The van der Waals surface area contributed by atoms with Crippen molar-refractivity contribution in [3.63, 3.8) is 0 Å². The van der Waals surface area contributed by atoms with Gasteiger partial charge in [0.25, 0.3) is 5.91 Å². The smallest absolute Gasteiger partial charge is 0.410 e. The van der Waals surface area contributed by atoms with Crippen molar-refractivity contribution in [1.29, 1.82) is 0 Å². The minimum atomic E-state index is -3.61. The van der Waals surface area contributed by atoms with Gasteiger partial charge in [-0.15, -0.1) is 0 Å². The quantitative estimate of drug-likeness (QED) is 0.196. The van der Waals surface area contributed by atoms with Crippen LogP contribution in [0.5, 0.6) is 11.5 Å². The normalized spacial score (nSPS) is 14.4. The van der Waals surface area contributed by atoms with E-state index in [1.54, 1.807) is 41.4 Å². The molecule has 0 unspecified atom stereocenters. The van der Waals surface area contributed by atoms with Gasteiger partial charge in [-0.2, -0.15) is 5.06 Å². The van der Waals surface area contributed by atoms with Crippen molar-refractivity contribution < 1.29 is 32.3 Å². The molecule has 1 saturated heterocycles. The average molecular weight is 723 g/mol. The lowest BCUT2D eigenvalue weighted by atomic mass is 9.86. The molecule has 51 heavy (non-hydrogen) atoms. The van der Waals surface area contributed by atoms with Crippen molar-refractivity contribution in [2.24, 2.45) is 11.8 Å². The van der Waals surface area contributed by atoms with Gasteiger partial charge in [0.2, 0.25) is 10.0 Å². The van der Waals surface area contributed by atoms with E-state index >= 15 is 0 Å². The molecule has 11 nitrogen and oxygen atoms in total. The summed E-state index contributed by atoms with van der Waals surface area (Å²) in [7, 11) is -2.22. The summed E-state index contributed by atoms with van der Waals surface area (Å²) in [5.41, 5.74) is 2.74. The number of anilines is 2. The van der Waals surface area contributed by atoms with Gasteiger partial charge in [-0.3, -0.25) is 19.3 Å². The Morgan fingerprint density at radius 1 is 1.00 bits per heavy atom. The number of carbonyl (C=O) groups excluding carboxylic acids is 2. The Morgan fingerprint density at radius 2 is 1.69 bits per heavy atom. The third-order valence-electron chi connectivity index (χ3n) is 8.43. The highest BCUT2D eigenvalue weighted by Gasteiger charge is 2.28. The van der Waals surface area contributed by atoms with Crippen molar-refractivity contribution in [3.05, 3.63) is 77.1 Å². The lowest BCUT2D eigenvalue weighted by molar-refractivity contribution is 0.0184. The number of amides is 2. The number of likely N-dealkylation sites (tertiary alicyclic amines) is 1. The second-order valence-electron chi connectivity index (χ2n) is 15.8. The van der Waals surface area contributed by atoms with E-state index < -0.39 is 21.5 Å². The van der Waals surface area contributed by atoms with Crippen LogP contribution >= 0.6 is 0 Å². The summed E-state index contributed by atoms with van der Waals surface area (Å²) in [6.07, 6.45) is 3.91. The molecule has 2 heterocycles. The number of nitrogens with one attached hydrogen (secondary N) is 1. The van der Waals surface area contributed by atoms with E-state index in [-0.39, 0.29) is 23.2 Å². The van der Waals surface area contributed by atoms with E-state index in [0.717, 1.165) is 41.1 Å². The first-order chi connectivity index (χ1) is 23.7. The molecule has 4 rings (SSSR count). The maximum absolute atomic E-state index is 14.0. The number of carbonyl (C=O) groups is 2. The van der Waals surface area contributed by atoms with E-state index in [1.165, 1.54) is 7.11 Å². The summed E-state index contributed by atoms with van der Waals surface area (Å²) in [6.45, 7) is 18.5. The lowest BCUT2D eigenvalue weighted by Crippen LogP contribution is -2.42. The first-order valence-electron chi connectivity index (χ1n) is 17.5. The number of hydrogen-bond donors (Lipinski definition) is 1. The van der Waals surface area contributed by atoms with Gasteiger partial charge in [0, 0.05) is 36.6 Å². The van der Waals surface area contributed by atoms with Crippen LogP contribution in [0.2, 0.25) is 0 Å². The fraction of sp³-hybridized carbons (Fsp3) is 0.513. The molecule has 2 amide bonds. The molecule has 12 heteroatoms. The van der Waals surface area contributed by atoms with Gasteiger partial charge in [0.05, 0.1) is 24.2 Å². The Morgan fingerprint density at radius 3 is 2.29 bits per heavy atom. The van der Waals surface area contributed by atoms with Crippen LogP contribution in [-0.2, 0) is 31.4 Å². The van der Waals surface area contributed by atoms with Crippen molar-refractivity contribution in [3.8, 4) is 11.5 Å². The number of ether oxygens (including phenoxy) is 2. The first-order valence-corrected chi connectivity index (χ1v) is 19.1. The van der Waals surface area contributed by atoms with E-state index in [9.17, 15) is 18.0 Å². The Labute approximate surface area is 303 Å². The maximum atomic E-state index is 14.0. The van der Waals surface area contributed by atoms with Gasteiger partial charge in [-0.05, 0) is 112 Å². The molecule has 278 valence electrons. The van der Waals surface area contributed by atoms with Crippen LogP contribution < -0.4 is 14.5 Å². The van der Waals surface area contributed by atoms with Gasteiger partial charge in [0.1, 0.15) is 17.1 Å². The van der Waals surface area contributed by atoms with E-state index in [0.29, 0.717) is 47.4 Å². The van der Waals surface area contributed by atoms with Crippen LogP contribution in [0.3, 0.4) is 0 Å². The summed E-state index contributed by atoms with van der Waals surface area (Å²) < 4.78 is 40.2. The van der Waals surface area contributed by atoms with Crippen LogP contribution in [0.1, 0.15) is 95.4 Å². The third-order valence-corrected chi connectivity index (χ3v) is 10.1. The van der Waals surface area contributed by atoms with Gasteiger partial charge < -0.3 is 14.4 Å². The molecule has 1 N–H and O–H groups in total. The summed E-state index contributed by atoms with van der Waals surface area (Å²) in [4.78, 5) is 38.4. The highest BCUT2D eigenvalue weighted by atomic mass is 32.2. The Hall–Kier alpha value is -4.16. The van der Waals surface area contributed by atoms with Crippen LogP contribution in [-0.4, -0.2) is 61.9 Å². The van der Waals surface area contributed by atoms with Gasteiger partial charge >= 0.3 is 6.09 Å². The van der Waals surface area contributed by atoms with Crippen molar-refractivity contribution in [2.45, 2.75) is 92.6 Å². The molecule has 0 saturated carbocycles. The minimum Gasteiger partial charge on any atom is -0.457 e. The Balaban J connectivity index is 1.51. The molecular weight excluding hydrogens is 669 g/mol. The molecule has 0 bridgehead atoms. The number of aryl methyl sites for hydroxylation is 1. The number of rotatable bonds is 11.